The van der Waals surface area contributed by atoms with Crippen molar-refractivity contribution < 1.29 is 19.1 Å². The van der Waals surface area contributed by atoms with Crippen LogP contribution in [0.15, 0.2) is 53.6 Å². The molecular formula is C24H30N4O4. The number of carbonyl (C=O) groups is 2. The number of rotatable bonds is 7. The molecule has 0 radical (unpaired) electrons. The monoisotopic (exact) mass is 438 g/mol. The summed E-state index contributed by atoms with van der Waals surface area (Å²) in [6.45, 7) is 3.65. The number of hydrazone groups is 1. The number of carbonyl (C=O) groups excluding carboxylic acids is 2. The van der Waals surface area contributed by atoms with Gasteiger partial charge in [0, 0.05) is 25.1 Å². The van der Waals surface area contributed by atoms with Gasteiger partial charge in [0.05, 0.1) is 26.0 Å². The first kappa shape index (κ1) is 23.1. The average molecular weight is 439 g/mol. The van der Waals surface area contributed by atoms with Crippen LogP contribution in [0.5, 0.6) is 11.5 Å². The number of benzene rings is 2. The average Bonchev–Trinajstić information content (AvgIpc) is 3.24. The van der Waals surface area contributed by atoms with Crippen LogP contribution in [0.25, 0.3) is 0 Å². The van der Waals surface area contributed by atoms with Crippen LogP contribution in [-0.2, 0) is 4.79 Å². The molecule has 8 nitrogen and oxygen atoms in total. The molecule has 1 heterocycles. The van der Waals surface area contributed by atoms with Crippen LogP contribution in [0.1, 0.15) is 37.4 Å². The number of hydrogen-bond acceptors (Lipinski definition) is 5. The lowest BCUT2D eigenvalue weighted by molar-refractivity contribution is -0.133. The Hall–Kier alpha value is -3.55. The summed E-state index contributed by atoms with van der Waals surface area (Å²) in [6, 6.07) is 14.5. The fourth-order valence-corrected chi connectivity index (χ4v) is 3.59. The van der Waals surface area contributed by atoms with E-state index in [1.54, 1.807) is 21.3 Å². The number of nitrogens with one attached hydrogen (secondary N) is 1. The van der Waals surface area contributed by atoms with Crippen LogP contribution in [-0.4, -0.2) is 61.4 Å². The van der Waals surface area contributed by atoms with Crippen LogP contribution >= 0.6 is 0 Å². The quantitative estimate of drug-likeness (QED) is 0.718. The topological polar surface area (TPSA) is 83.5 Å². The van der Waals surface area contributed by atoms with Gasteiger partial charge in [-0.25, -0.2) is 9.80 Å². The lowest BCUT2D eigenvalue weighted by Crippen LogP contribution is -2.45. The Morgan fingerprint density at radius 1 is 1.12 bits per heavy atom. The van der Waals surface area contributed by atoms with Gasteiger partial charge < -0.3 is 19.7 Å². The molecule has 1 atom stereocenters. The molecule has 3 amide bonds. The van der Waals surface area contributed by atoms with E-state index in [0.717, 1.165) is 22.6 Å². The second-order valence-corrected chi connectivity index (χ2v) is 7.94. The Labute approximate surface area is 188 Å². The number of hydrogen-bond donors (Lipinski definition) is 1. The molecule has 0 unspecified atom stereocenters. The van der Waals surface area contributed by atoms with Crippen molar-refractivity contribution in [3.63, 3.8) is 0 Å². The van der Waals surface area contributed by atoms with Gasteiger partial charge in [0.1, 0.15) is 18.0 Å². The molecule has 0 saturated heterocycles. The first-order valence-corrected chi connectivity index (χ1v) is 10.5. The summed E-state index contributed by atoms with van der Waals surface area (Å²) in [5.74, 6) is 1.16. The van der Waals surface area contributed by atoms with Crippen molar-refractivity contribution in [2.75, 3.05) is 27.8 Å². The van der Waals surface area contributed by atoms with Crippen molar-refractivity contribution in [2.24, 2.45) is 5.10 Å². The number of methoxy groups -OCH3 is 2. The molecule has 1 aliphatic rings. The zero-order chi connectivity index (χ0) is 23.3. The molecule has 170 valence electrons. The van der Waals surface area contributed by atoms with Gasteiger partial charge in [-0.15, -0.1) is 0 Å². The van der Waals surface area contributed by atoms with Crippen LogP contribution in [0.3, 0.4) is 0 Å². The van der Waals surface area contributed by atoms with Crippen molar-refractivity contribution in [3.05, 3.63) is 59.7 Å². The maximum Gasteiger partial charge on any atom is 0.317 e. The number of amides is 3. The van der Waals surface area contributed by atoms with E-state index in [1.165, 1.54) is 9.91 Å². The smallest absolute Gasteiger partial charge is 0.317 e. The second kappa shape index (κ2) is 10.2. The minimum absolute atomic E-state index is 0.0205. The Kier molecular flexibility index (Phi) is 7.35. The van der Waals surface area contributed by atoms with Gasteiger partial charge in [-0.3, -0.25) is 4.79 Å². The molecule has 1 N–H and O–H groups in total. The normalized spacial score (nSPS) is 15.4. The van der Waals surface area contributed by atoms with Crippen molar-refractivity contribution >= 4 is 17.6 Å². The third kappa shape index (κ3) is 5.19. The molecule has 0 aliphatic carbocycles. The Balaban J connectivity index is 1.90. The van der Waals surface area contributed by atoms with Gasteiger partial charge >= 0.3 is 6.03 Å². The van der Waals surface area contributed by atoms with Crippen LogP contribution in [0, 0.1) is 0 Å². The minimum Gasteiger partial charge on any atom is -0.497 e. The molecule has 8 heteroatoms. The molecule has 0 spiro atoms. The van der Waals surface area contributed by atoms with Crippen molar-refractivity contribution in [1.82, 2.24) is 15.2 Å². The number of ether oxygens (including phenoxy) is 2. The number of para-hydroxylation sites is 1. The van der Waals surface area contributed by atoms with E-state index in [4.69, 9.17) is 9.47 Å². The summed E-state index contributed by atoms with van der Waals surface area (Å²) in [4.78, 5) is 26.9. The largest absolute Gasteiger partial charge is 0.497 e. The van der Waals surface area contributed by atoms with Gasteiger partial charge in [-0.1, -0.05) is 18.2 Å². The second-order valence-electron chi connectivity index (χ2n) is 7.94. The fraction of sp³-hybridized carbons (Fsp3) is 0.375. The Morgan fingerprint density at radius 2 is 1.81 bits per heavy atom. The summed E-state index contributed by atoms with van der Waals surface area (Å²) in [5.41, 5.74) is 2.56. The molecule has 0 aromatic heterocycles. The molecule has 0 bridgehead atoms. The third-order valence-corrected chi connectivity index (χ3v) is 5.22. The SMILES string of the molecule is COc1ccc(C2=NN(C(=O)CN(C)C(=O)NC(C)C)[C@H](c3ccccc3OC)C2)cc1. The minimum atomic E-state index is -0.336. The van der Waals surface area contributed by atoms with Crippen molar-refractivity contribution in [3.8, 4) is 11.5 Å². The highest BCUT2D eigenvalue weighted by molar-refractivity contribution is 6.03. The molecule has 1 aliphatic heterocycles. The first-order valence-electron chi connectivity index (χ1n) is 10.5. The summed E-state index contributed by atoms with van der Waals surface area (Å²) < 4.78 is 10.8. The standard InChI is InChI=1S/C24H30N4O4/c1-16(2)25-24(30)27(3)15-23(29)28-21(19-8-6-7-9-22(19)32-5)14-20(26-28)17-10-12-18(31-4)13-11-17/h6-13,16,21H,14-15H2,1-5H3,(H,25,30)/t21-/m0/s1. The number of urea groups is 1. The molecule has 2 aromatic carbocycles. The van der Waals surface area contributed by atoms with E-state index in [1.807, 2.05) is 62.4 Å². The summed E-state index contributed by atoms with van der Waals surface area (Å²) in [6.07, 6.45) is 0.528. The predicted octanol–water partition coefficient (Wildman–Crippen LogP) is 3.43. The van der Waals surface area contributed by atoms with E-state index < -0.39 is 0 Å². The van der Waals surface area contributed by atoms with E-state index in [0.29, 0.717) is 12.2 Å². The van der Waals surface area contributed by atoms with Gasteiger partial charge in [0.25, 0.3) is 5.91 Å². The highest BCUT2D eigenvalue weighted by Gasteiger charge is 2.35. The highest BCUT2D eigenvalue weighted by atomic mass is 16.5. The summed E-state index contributed by atoms with van der Waals surface area (Å²) in [5, 5.41) is 8.93. The van der Waals surface area contributed by atoms with Gasteiger partial charge in [-0.2, -0.15) is 5.10 Å². The maximum absolute atomic E-state index is 13.2. The molecule has 0 fully saturated rings. The van der Waals surface area contributed by atoms with E-state index >= 15 is 0 Å². The van der Waals surface area contributed by atoms with Gasteiger partial charge in [-0.05, 0) is 49.7 Å². The van der Waals surface area contributed by atoms with Crippen molar-refractivity contribution in [1.29, 1.82) is 0 Å². The zero-order valence-electron chi connectivity index (χ0n) is 19.2. The summed E-state index contributed by atoms with van der Waals surface area (Å²) in [7, 11) is 4.82. The molecule has 0 saturated carbocycles. The lowest BCUT2D eigenvalue weighted by atomic mass is 9.97. The van der Waals surface area contributed by atoms with E-state index in [2.05, 4.69) is 10.4 Å². The predicted molar refractivity (Wildman–Crippen MR) is 123 cm³/mol. The number of likely N-dealkylation sites (N-methyl/N-ethyl adjacent to an activating group) is 1. The van der Waals surface area contributed by atoms with Crippen molar-refractivity contribution in [2.45, 2.75) is 32.4 Å². The van der Waals surface area contributed by atoms with Crippen LogP contribution in [0.4, 0.5) is 4.79 Å². The Bertz CT molecular complexity index is 988. The molecular weight excluding hydrogens is 408 g/mol. The van der Waals surface area contributed by atoms with Crippen LogP contribution in [0.2, 0.25) is 0 Å². The third-order valence-electron chi connectivity index (χ3n) is 5.22. The van der Waals surface area contributed by atoms with Gasteiger partial charge in [0.2, 0.25) is 0 Å². The Morgan fingerprint density at radius 3 is 2.44 bits per heavy atom. The number of nitrogens with zero attached hydrogens (tertiary/aromatic N) is 3. The van der Waals surface area contributed by atoms with Crippen LogP contribution < -0.4 is 14.8 Å². The van der Waals surface area contributed by atoms with E-state index in [9.17, 15) is 9.59 Å². The lowest BCUT2D eigenvalue weighted by Gasteiger charge is -2.26. The zero-order valence-corrected chi connectivity index (χ0v) is 19.2. The maximum atomic E-state index is 13.2. The molecule has 2 aromatic rings. The molecule has 32 heavy (non-hydrogen) atoms. The van der Waals surface area contributed by atoms with Gasteiger partial charge in [0.15, 0.2) is 0 Å². The van der Waals surface area contributed by atoms with E-state index in [-0.39, 0.29) is 30.6 Å². The molecule has 3 rings (SSSR count). The summed E-state index contributed by atoms with van der Waals surface area (Å²) >= 11 is 0. The first-order chi connectivity index (χ1) is 15.3. The highest BCUT2D eigenvalue weighted by Crippen LogP contribution is 2.37. The fourth-order valence-electron chi connectivity index (χ4n) is 3.59.